The quantitative estimate of drug-likeness (QED) is 0.831. The summed E-state index contributed by atoms with van der Waals surface area (Å²) in [4.78, 5) is 26.7. The number of hydrogen-bond acceptors (Lipinski definition) is 6. The Hall–Kier alpha value is -1.08. The highest BCUT2D eigenvalue weighted by Crippen LogP contribution is 2.41. The van der Waals surface area contributed by atoms with E-state index in [0.717, 1.165) is 47.8 Å². The smallest absolute Gasteiger partial charge is 0.265 e. The zero-order valence-electron chi connectivity index (χ0n) is 12.7. The van der Waals surface area contributed by atoms with Crippen molar-refractivity contribution in [3.8, 4) is 0 Å². The molecule has 0 N–H and O–H groups in total. The molecule has 4 rings (SSSR count). The standard InChI is InChI=1S/C15H20N4OS2/c1-10-8-17-15(21-10)19-6-4-18(5-7-19)14(20)12-9-16-13(22-12)11-2-3-11/h9-11H,2-8H2,1H3. The molecule has 5 nitrogen and oxygen atoms in total. The minimum Gasteiger partial charge on any atom is -0.348 e. The number of carbonyl (C=O) groups is 1. The van der Waals surface area contributed by atoms with Crippen LogP contribution in [0.25, 0.3) is 0 Å². The lowest BCUT2D eigenvalue weighted by molar-refractivity contribution is 0.0698. The third-order valence-corrected chi connectivity index (χ3v) is 6.59. The number of piperazine rings is 1. The highest BCUT2D eigenvalue weighted by atomic mass is 32.2. The summed E-state index contributed by atoms with van der Waals surface area (Å²) in [5.74, 6) is 0.779. The first kappa shape index (κ1) is 14.5. The van der Waals surface area contributed by atoms with Crippen LogP contribution >= 0.6 is 23.1 Å². The Labute approximate surface area is 138 Å². The summed E-state index contributed by atoms with van der Waals surface area (Å²) in [6, 6.07) is 0. The van der Waals surface area contributed by atoms with Crippen molar-refractivity contribution in [2.75, 3.05) is 32.7 Å². The third-order valence-electron chi connectivity index (χ3n) is 4.29. The van der Waals surface area contributed by atoms with Crippen LogP contribution in [0.15, 0.2) is 11.2 Å². The van der Waals surface area contributed by atoms with Crippen LogP contribution in [0.1, 0.15) is 40.4 Å². The number of aromatic nitrogens is 1. The van der Waals surface area contributed by atoms with E-state index < -0.39 is 0 Å². The zero-order chi connectivity index (χ0) is 15.1. The van der Waals surface area contributed by atoms with Crippen LogP contribution in [0.3, 0.4) is 0 Å². The van der Waals surface area contributed by atoms with E-state index in [1.165, 1.54) is 12.8 Å². The first-order valence-corrected chi connectivity index (χ1v) is 9.61. The lowest BCUT2D eigenvalue weighted by Gasteiger charge is -2.35. The molecule has 1 amide bonds. The molecule has 2 aliphatic heterocycles. The van der Waals surface area contributed by atoms with Crippen LogP contribution in [0.4, 0.5) is 0 Å². The Kier molecular flexibility index (Phi) is 3.86. The van der Waals surface area contributed by atoms with Crippen molar-refractivity contribution < 1.29 is 4.79 Å². The first-order valence-electron chi connectivity index (χ1n) is 7.92. The van der Waals surface area contributed by atoms with Crippen LogP contribution < -0.4 is 0 Å². The van der Waals surface area contributed by atoms with E-state index in [9.17, 15) is 4.79 Å². The maximum Gasteiger partial charge on any atom is 0.265 e. The predicted octanol–water partition coefficient (Wildman–Crippen LogP) is 2.27. The van der Waals surface area contributed by atoms with Crippen molar-refractivity contribution in [1.29, 1.82) is 0 Å². The van der Waals surface area contributed by atoms with Gasteiger partial charge >= 0.3 is 0 Å². The molecule has 1 unspecified atom stereocenters. The maximum absolute atomic E-state index is 12.6. The highest BCUT2D eigenvalue weighted by molar-refractivity contribution is 8.14. The van der Waals surface area contributed by atoms with Gasteiger partial charge in [-0.3, -0.25) is 9.79 Å². The second-order valence-electron chi connectivity index (χ2n) is 6.17. The molecule has 2 fully saturated rings. The van der Waals surface area contributed by atoms with Gasteiger partial charge in [0.25, 0.3) is 5.91 Å². The zero-order valence-corrected chi connectivity index (χ0v) is 14.3. The number of carbonyl (C=O) groups excluding carboxylic acids is 1. The lowest BCUT2D eigenvalue weighted by Crippen LogP contribution is -2.49. The minimum absolute atomic E-state index is 0.151. The molecule has 1 aromatic rings. The van der Waals surface area contributed by atoms with Gasteiger partial charge in [0, 0.05) is 37.3 Å². The highest BCUT2D eigenvalue weighted by Gasteiger charge is 2.30. The van der Waals surface area contributed by atoms with Crippen molar-refractivity contribution >= 4 is 34.2 Å². The Bertz CT molecular complexity index is 602. The Morgan fingerprint density at radius 1 is 1.27 bits per heavy atom. The summed E-state index contributed by atoms with van der Waals surface area (Å²) < 4.78 is 0. The van der Waals surface area contributed by atoms with Crippen LogP contribution in [0.5, 0.6) is 0 Å². The van der Waals surface area contributed by atoms with Crippen LogP contribution in [0, 0.1) is 0 Å². The van der Waals surface area contributed by atoms with Gasteiger partial charge in [-0.25, -0.2) is 4.98 Å². The van der Waals surface area contributed by atoms with Crippen molar-refractivity contribution in [3.63, 3.8) is 0 Å². The molecule has 3 heterocycles. The summed E-state index contributed by atoms with van der Waals surface area (Å²) in [7, 11) is 0. The van der Waals surface area contributed by atoms with E-state index in [1.54, 1.807) is 17.5 Å². The maximum atomic E-state index is 12.6. The summed E-state index contributed by atoms with van der Waals surface area (Å²) in [5, 5.41) is 2.90. The molecule has 1 atom stereocenters. The topological polar surface area (TPSA) is 48.8 Å². The lowest BCUT2D eigenvalue weighted by atomic mass is 10.3. The number of nitrogens with zero attached hydrogens (tertiary/aromatic N) is 4. The average molecular weight is 336 g/mol. The molecule has 0 bridgehead atoms. The molecule has 1 aromatic heterocycles. The number of rotatable bonds is 2. The number of amides is 1. The molecule has 3 aliphatic rings. The molecular formula is C15H20N4OS2. The Morgan fingerprint density at radius 3 is 2.68 bits per heavy atom. The SMILES string of the molecule is CC1CN=C(N2CCN(C(=O)c3cnc(C4CC4)s3)CC2)S1. The fourth-order valence-electron chi connectivity index (χ4n) is 2.80. The van der Waals surface area contributed by atoms with Gasteiger partial charge in [-0.2, -0.15) is 0 Å². The largest absolute Gasteiger partial charge is 0.348 e. The van der Waals surface area contributed by atoms with Crippen LogP contribution in [-0.4, -0.2) is 63.8 Å². The third kappa shape index (κ3) is 2.88. The van der Waals surface area contributed by atoms with Gasteiger partial charge in [-0.05, 0) is 12.8 Å². The van der Waals surface area contributed by atoms with Gasteiger partial charge < -0.3 is 9.80 Å². The molecule has 7 heteroatoms. The Morgan fingerprint density at radius 2 is 2.05 bits per heavy atom. The van der Waals surface area contributed by atoms with Crippen molar-refractivity contribution in [3.05, 3.63) is 16.1 Å². The number of aliphatic imine (C=N–C) groups is 1. The number of hydrogen-bond donors (Lipinski definition) is 0. The summed E-state index contributed by atoms with van der Waals surface area (Å²) in [5.41, 5.74) is 0. The van der Waals surface area contributed by atoms with Crippen LogP contribution in [-0.2, 0) is 0 Å². The molecule has 1 saturated carbocycles. The van der Waals surface area contributed by atoms with Gasteiger partial charge in [0.2, 0.25) is 0 Å². The fraction of sp³-hybridized carbons (Fsp3) is 0.667. The predicted molar refractivity (Wildman–Crippen MR) is 90.9 cm³/mol. The summed E-state index contributed by atoms with van der Waals surface area (Å²) >= 11 is 3.44. The monoisotopic (exact) mass is 336 g/mol. The normalized spacial score (nSPS) is 25.5. The van der Waals surface area contributed by atoms with Crippen molar-refractivity contribution in [2.24, 2.45) is 4.99 Å². The molecule has 0 radical (unpaired) electrons. The van der Waals surface area contributed by atoms with Crippen molar-refractivity contribution in [1.82, 2.24) is 14.8 Å². The fourth-order valence-corrected chi connectivity index (χ4v) is 4.84. The van der Waals surface area contributed by atoms with Gasteiger partial charge in [0.1, 0.15) is 4.88 Å². The van der Waals surface area contributed by atoms with Gasteiger partial charge in [0.15, 0.2) is 5.17 Å². The van der Waals surface area contributed by atoms with E-state index in [-0.39, 0.29) is 5.91 Å². The minimum atomic E-state index is 0.151. The van der Waals surface area contributed by atoms with E-state index in [0.29, 0.717) is 11.2 Å². The number of amidine groups is 1. The molecular weight excluding hydrogens is 316 g/mol. The molecule has 118 valence electrons. The van der Waals surface area contributed by atoms with Crippen LogP contribution in [0.2, 0.25) is 0 Å². The molecule has 0 spiro atoms. The second-order valence-corrected chi connectivity index (χ2v) is 8.64. The van der Waals surface area contributed by atoms with Gasteiger partial charge in [-0.1, -0.05) is 18.7 Å². The summed E-state index contributed by atoms with van der Waals surface area (Å²) in [6.45, 7) is 6.47. The number of thiazole rings is 1. The van der Waals surface area contributed by atoms with E-state index >= 15 is 0 Å². The second kappa shape index (κ2) is 5.85. The number of thioether (sulfide) groups is 1. The molecule has 22 heavy (non-hydrogen) atoms. The first-order chi connectivity index (χ1) is 10.7. The molecule has 1 saturated heterocycles. The van der Waals surface area contributed by atoms with E-state index in [4.69, 9.17) is 0 Å². The molecule has 0 aromatic carbocycles. The van der Waals surface area contributed by atoms with Gasteiger partial charge in [0.05, 0.1) is 17.7 Å². The van der Waals surface area contributed by atoms with E-state index in [1.807, 2.05) is 16.7 Å². The van der Waals surface area contributed by atoms with Crippen molar-refractivity contribution in [2.45, 2.75) is 30.9 Å². The Balaban J connectivity index is 1.35. The average Bonchev–Trinajstić information content (AvgIpc) is 3.11. The molecule has 1 aliphatic carbocycles. The van der Waals surface area contributed by atoms with E-state index in [2.05, 4.69) is 21.8 Å². The summed E-state index contributed by atoms with van der Waals surface area (Å²) in [6.07, 6.45) is 4.24. The van der Waals surface area contributed by atoms with Gasteiger partial charge in [-0.15, -0.1) is 11.3 Å².